The normalized spacial score (nSPS) is 17.2. The van der Waals surface area contributed by atoms with Gasteiger partial charge < -0.3 is 15.2 Å². The van der Waals surface area contributed by atoms with Crippen LogP contribution >= 0.6 is 0 Å². The zero-order chi connectivity index (χ0) is 15.2. The van der Waals surface area contributed by atoms with Crippen molar-refractivity contribution in [3.05, 3.63) is 23.8 Å². The van der Waals surface area contributed by atoms with Crippen molar-refractivity contribution in [2.75, 3.05) is 14.2 Å². The minimum absolute atomic E-state index is 0.351. The number of carbonyl (C=O) groups is 1. The summed E-state index contributed by atoms with van der Waals surface area (Å²) in [6, 6.07) is 5.32. The molecule has 1 aliphatic rings. The van der Waals surface area contributed by atoms with Gasteiger partial charge in [0, 0.05) is 6.04 Å². The molecule has 1 aromatic carbocycles. The number of nitrogens with two attached hydrogens (primary N) is 1. The predicted octanol–water partition coefficient (Wildman–Crippen LogP) is 2.15. The number of amides is 1. The van der Waals surface area contributed by atoms with E-state index in [2.05, 4.69) is 5.32 Å². The molecular weight excluding hydrogens is 268 g/mol. The first kappa shape index (κ1) is 15.6. The summed E-state index contributed by atoms with van der Waals surface area (Å²) in [5.41, 5.74) is 6.39. The molecule has 5 heteroatoms. The van der Waals surface area contributed by atoms with Crippen LogP contribution in [0, 0.1) is 0 Å². The lowest BCUT2D eigenvalue weighted by Crippen LogP contribution is -2.40. The maximum atomic E-state index is 11.8. The summed E-state index contributed by atoms with van der Waals surface area (Å²) >= 11 is 0. The molecule has 3 N–H and O–H groups in total. The Hall–Kier alpha value is -1.75. The molecule has 0 heterocycles. The van der Waals surface area contributed by atoms with Gasteiger partial charge in [-0.15, -0.1) is 0 Å². The van der Waals surface area contributed by atoms with E-state index >= 15 is 0 Å². The first-order valence-corrected chi connectivity index (χ1v) is 7.43. The van der Waals surface area contributed by atoms with Crippen LogP contribution in [0.4, 0.5) is 0 Å². The molecule has 0 saturated heterocycles. The number of rotatable bonds is 6. The van der Waals surface area contributed by atoms with E-state index in [0.29, 0.717) is 17.5 Å². The van der Waals surface area contributed by atoms with E-state index in [9.17, 15) is 4.79 Å². The highest BCUT2D eigenvalue weighted by atomic mass is 16.5. The molecule has 1 fully saturated rings. The van der Waals surface area contributed by atoms with Crippen molar-refractivity contribution in [3.63, 3.8) is 0 Å². The van der Waals surface area contributed by atoms with Crippen molar-refractivity contribution in [1.29, 1.82) is 0 Å². The quantitative estimate of drug-likeness (QED) is 0.842. The van der Waals surface area contributed by atoms with Crippen molar-refractivity contribution in [2.45, 2.75) is 44.2 Å². The van der Waals surface area contributed by atoms with Crippen molar-refractivity contribution in [3.8, 4) is 11.5 Å². The number of methoxy groups -OCH3 is 2. The van der Waals surface area contributed by atoms with Crippen molar-refractivity contribution in [2.24, 2.45) is 5.73 Å². The van der Waals surface area contributed by atoms with E-state index < -0.39 is 6.04 Å². The summed E-state index contributed by atoms with van der Waals surface area (Å²) in [4.78, 5) is 11.8. The topological polar surface area (TPSA) is 73.6 Å². The molecule has 1 aliphatic carbocycles. The van der Waals surface area contributed by atoms with Gasteiger partial charge in [-0.3, -0.25) is 10.1 Å². The Balaban J connectivity index is 2.19. The Kier molecular flexibility index (Phi) is 5.44. The molecular formula is C16H24N2O3. The maximum absolute atomic E-state index is 11.8. The highest BCUT2D eigenvalue weighted by molar-refractivity contribution is 5.81. The third-order valence-electron chi connectivity index (χ3n) is 4.03. The van der Waals surface area contributed by atoms with Crippen LogP contribution in [-0.4, -0.2) is 26.2 Å². The molecule has 21 heavy (non-hydrogen) atoms. The Bertz CT molecular complexity index is 484. The van der Waals surface area contributed by atoms with Crippen molar-refractivity contribution >= 4 is 5.91 Å². The average Bonchev–Trinajstić information content (AvgIpc) is 2.52. The lowest BCUT2D eigenvalue weighted by molar-refractivity contribution is -0.120. The molecule has 1 unspecified atom stereocenters. The highest BCUT2D eigenvalue weighted by Gasteiger charge is 2.24. The molecule has 1 aromatic rings. The number of hydrogen-bond acceptors (Lipinski definition) is 4. The SMILES string of the molecule is COc1ccc(C(NC2CCCCC2)C(N)=O)cc1OC. The summed E-state index contributed by atoms with van der Waals surface area (Å²) < 4.78 is 10.5. The fraction of sp³-hybridized carbons (Fsp3) is 0.562. The van der Waals surface area contributed by atoms with Crippen LogP contribution in [0.3, 0.4) is 0 Å². The summed E-state index contributed by atoms with van der Waals surface area (Å²) in [6.45, 7) is 0. The molecule has 2 rings (SSSR count). The highest BCUT2D eigenvalue weighted by Crippen LogP contribution is 2.30. The van der Waals surface area contributed by atoms with Gasteiger partial charge in [-0.05, 0) is 30.5 Å². The van der Waals surface area contributed by atoms with Gasteiger partial charge in [-0.1, -0.05) is 25.3 Å². The van der Waals surface area contributed by atoms with Crippen LogP contribution in [0.1, 0.15) is 43.7 Å². The molecule has 0 aliphatic heterocycles. The Morgan fingerprint density at radius 1 is 1.19 bits per heavy atom. The van der Waals surface area contributed by atoms with Crippen LogP contribution in [-0.2, 0) is 4.79 Å². The monoisotopic (exact) mass is 292 g/mol. The van der Waals surface area contributed by atoms with Gasteiger partial charge in [-0.25, -0.2) is 0 Å². The number of nitrogens with one attached hydrogen (secondary N) is 1. The van der Waals surface area contributed by atoms with Crippen LogP contribution in [0.2, 0.25) is 0 Å². The Morgan fingerprint density at radius 2 is 1.86 bits per heavy atom. The first-order valence-electron chi connectivity index (χ1n) is 7.43. The number of benzene rings is 1. The molecule has 0 aromatic heterocycles. The molecule has 0 spiro atoms. The molecule has 1 saturated carbocycles. The fourth-order valence-electron chi connectivity index (χ4n) is 2.88. The van der Waals surface area contributed by atoms with Crippen molar-refractivity contribution in [1.82, 2.24) is 5.32 Å². The molecule has 116 valence electrons. The maximum Gasteiger partial charge on any atom is 0.239 e. The van der Waals surface area contributed by atoms with Gasteiger partial charge in [0.05, 0.1) is 14.2 Å². The van der Waals surface area contributed by atoms with Crippen molar-refractivity contribution < 1.29 is 14.3 Å². The average molecular weight is 292 g/mol. The summed E-state index contributed by atoms with van der Waals surface area (Å²) in [5, 5.41) is 3.39. The third kappa shape index (κ3) is 3.88. The molecule has 5 nitrogen and oxygen atoms in total. The second-order valence-corrected chi connectivity index (χ2v) is 5.45. The predicted molar refractivity (Wildman–Crippen MR) is 81.5 cm³/mol. The Morgan fingerprint density at radius 3 is 2.43 bits per heavy atom. The summed E-state index contributed by atoms with van der Waals surface area (Å²) in [5.74, 6) is 0.877. The number of primary amides is 1. The summed E-state index contributed by atoms with van der Waals surface area (Å²) in [7, 11) is 3.17. The van der Waals surface area contributed by atoms with Gasteiger partial charge >= 0.3 is 0 Å². The molecule has 0 bridgehead atoms. The van der Waals surface area contributed by atoms with Gasteiger partial charge in [0.25, 0.3) is 0 Å². The second-order valence-electron chi connectivity index (χ2n) is 5.45. The van der Waals surface area contributed by atoms with Gasteiger partial charge in [-0.2, -0.15) is 0 Å². The van der Waals surface area contributed by atoms with E-state index in [0.717, 1.165) is 18.4 Å². The van der Waals surface area contributed by atoms with E-state index in [1.54, 1.807) is 20.3 Å². The van der Waals surface area contributed by atoms with Crippen LogP contribution in [0.5, 0.6) is 11.5 Å². The van der Waals surface area contributed by atoms with E-state index in [1.165, 1.54) is 19.3 Å². The fourth-order valence-corrected chi connectivity index (χ4v) is 2.88. The zero-order valence-electron chi connectivity index (χ0n) is 12.7. The third-order valence-corrected chi connectivity index (χ3v) is 4.03. The van der Waals surface area contributed by atoms with Crippen LogP contribution in [0.15, 0.2) is 18.2 Å². The minimum Gasteiger partial charge on any atom is -0.493 e. The van der Waals surface area contributed by atoms with E-state index in [1.807, 2.05) is 12.1 Å². The number of hydrogen-bond donors (Lipinski definition) is 2. The molecule has 1 amide bonds. The number of carbonyl (C=O) groups excluding carboxylic acids is 1. The second kappa shape index (κ2) is 7.31. The first-order chi connectivity index (χ1) is 10.2. The van der Waals surface area contributed by atoms with E-state index in [4.69, 9.17) is 15.2 Å². The van der Waals surface area contributed by atoms with Gasteiger partial charge in [0.1, 0.15) is 6.04 Å². The van der Waals surface area contributed by atoms with Crippen LogP contribution < -0.4 is 20.5 Å². The van der Waals surface area contributed by atoms with Gasteiger partial charge in [0.2, 0.25) is 5.91 Å². The smallest absolute Gasteiger partial charge is 0.239 e. The molecule has 1 atom stereocenters. The van der Waals surface area contributed by atoms with Gasteiger partial charge in [0.15, 0.2) is 11.5 Å². The largest absolute Gasteiger partial charge is 0.493 e. The zero-order valence-corrected chi connectivity index (χ0v) is 12.7. The van der Waals surface area contributed by atoms with Crippen LogP contribution in [0.25, 0.3) is 0 Å². The Labute approximate surface area is 125 Å². The lowest BCUT2D eigenvalue weighted by atomic mass is 9.93. The number of ether oxygens (including phenoxy) is 2. The molecule has 0 radical (unpaired) electrons. The lowest BCUT2D eigenvalue weighted by Gasteiger charge is -2.27. The van der Waals surface area contributed by atoms with E-state index in [-0.39, 0.29) is 5.91 Å². The standard InChI is InChI=1S/C16H24N2O3/c1-20-13-9-8-11(10-14(13)21-2)15(16(17)19)18-12-6-4-3-5-7-12/h8-10,12,15,18H,3-7H2,1-2H3,(H2,17,19). The summed E-state index contributed by atoms with van der Waals surface area (Å²) in [6.07, 6.45) is 5.87. The minimum atomic E-state index is -0.493.